The molecule has 0 radical (unpaired) electrons. The number of urea groups is 1. The van der Waals surface area contributed by atoms with Gasteiger partial charge in [-0.3, -0.25) is 14.6 Å². The number of alkyl halides is 6. The van der Waals surface area contributed by atoms with Crippen molar-refractivity contribution in [1.29, 1.82) is 0 Å². The Hall–Kier alpha value is -3.88. The maximum Gasteiger partial charge on any atom is 0.416 e. The lowest BCUT2D eigenvalue weighted by Crippen LogP contribution is -2.69. The highest BCUT2D eigenvalue weighted by Gasteiger charge is 2.50. The first-order chi connectivity index (χ1) is 20.6. The quantitative estimate of drug-likeness (QED) is 0.323. The Morgan fingerprint density at radius 3 is 2.30 bits per heavy atom. The molecule has 1 fully saturated rings. The summed E-state index contributed by atoms with van der Waals surface area (Å²) >= 11 is 0. The molecule has 2 aromatic rings. The molecule has 0 saturated carbocycles. The van der Waals surface area contributed by atoms with Crippen LogP contribution in [0, 0.1) is 5.82 Å². The summed E-state index contributed by atoms with van der Waals surface area (Å²) in [4.78, 5) is 31.1. The van der Waals surface area contributed by atoms with Gasteiger partial charge in [0, 0.05) is 19.5 Å². The van der Waals surface area contributed by atoms with Crippen molar-refractivity contribution in [3.63, 3.8) is 0 Å². The predicted octanol–water partition coefficient (Wildman–Crippen LogP) is 4.83. The molecule has 3 amide bonds. The second-order valence-corrected chi connectivity index (χ2v) is 11.1. The van der Waals surface area contributed by atoms with Crippen molar-refractivity contribution in [3.05, 3.63) is 70.5 Å². The molecule has 0 aromatic heterocycles. The van der Waals surface area contributed by atoms with Crippen LogP contribution in [0.5, 0.6) is 0 Å². The third kappa shape index (κ3) is 7.60. The van der Waals surface area contributed by atoms with Gasteiger partial charge >= 0.3 is 24.3 Å². The molecule has 240 valence electrons. The van der Waals surface area contributed by atoms with Gasteiger partial charge in [-0.15, -0.1) is 0 Å². The lowest BCUT2D eigenvalue weighted by molar-refractivity contribution is -0.569. The Bertz CT molecular complexity index is 1380. The van der Waals surface area contributed by atoms with Crippen LogP contribution < -0.4 is 5.32 Å². The van der Waals surface area contributed by atoms with Gasteiger partial charge < -0.3 is 15.3 Å². The van der Waals surface area contributed by atoms with Crippen molar-refractivity contribution in [1.82, 2.24) is 20.0 Å². The minimum absolute atomic E-state index is 0.00501. The molecule has 1 saturated heterocycles. The van der Waals surface area contributed by atoms with E-state index in [1.54, 1.807) is 6.07 Å². The summed E-state index contributed by atoms with van der Waals surface area (Å²) < 4.78 is 95.9. The standard InChI is InChI=1S/C29H32F7N5O3/c1-38(2)10-5-8-23-26(43)39(16-19-6-3-4-7-22(19)30)17-24-40(11-9-25(42)41(23)24)27(44)37-15-18-12-20(28(31,32)33)14-21(13-18)29(34,35)36/h3-4,6-7,12-14,23-24H,5,8-11,15-17H2,1-2H3,(H,37,44)/p+1/t23-,24+/m0/s1. The molecular formula is C29H33F7N5O3+. The lowest BCUT2D eigenvalue weighted by Gasteiger charge is -2.46. The molecule has 8 nitrogen and oxygen atoms in total. The minimum atomic E-state index is -5.04. The van der Waals surface area contributed by atoms with Crippen molar-refractivity contribution < 1.29 is 50.0 Å². The molecule has 4 rings (SSSR count). The third-order valence-electron chi connectivity index (χ3n) is 7.63. The number of fused-ring (bicyclic) bond motifs is 1. The van der Waals surface area contributed by atoms with E-state index in [2.05, 4.69) is 5.32 Å². The SMILES string of the molecule is CN(C)CCC[C@H]1C(O)=[N+](Cc2ccccc2F)C[C@@H]2N(C(=O)NCc3cc(C(F)(F)F)cc(C(F)(F)F)c3)CCC(=O)N21. The fourth-order valence-corrected chi connectivity index (χ4v) is 5.49. The number of carbonyl (C=O) groups is 2. The van der Waals surface area contributed by atoms with Gasteiger partial charge in [0.15, 0.2) is 25.3 Å². The zero-order valence-corrected chi connectivity index (χ0v) is 24.1. The van der Waals surface area contributed by atoms with E-state index in [9.17, 15) is 45.4 Å². The summed E-state index contributed by atoms with van der Waals surface area (Å²) in [7, 11) is 3.72. The van der Waals surface area contributed by atoms with Gasteiger partial charge in [0.05, 0.1) is 16.7 Å². The highest BCUT2D eigenvalue weighted by molar-refractivity contribution is 5.87. The van der Waals surface area contributed by atoms with Crippen LogP contribution in [0.1, 0.15) is 41.5 Å². The third-order valence-corrected chi connectivity index (χ3v) is 7.63. The number of nitrogens with zero attached hydrogens (tertiary/aromatic N) is 4. The molecule has 2 atom stereocenters. The van der Waals surface area contributed by atoms with Crippen LogP contribution in [-0.2, 0) is 30.2 Å². The maximum absolute atomic E-state index is 14.5. The van der Waals surface area contributed by atoms with Crippen LogP contribution in [0.3, 0.4) is 0 Å². The number of halogens is 7. The first-order valence-electron chi connectivity index (χ1n) is 13.9. The second-order valence-electron chi connectivity index (χ2n) is 11.1. The zero-order chi connectivity index (χ0) is 32.4. The van der Waals surface area contributed by atoms with E-state index in [-0.39, 0.29) is 49.5 Å². The molecular weight excluding hydrogens is 599 g/mol. The first kappa shape index (κ1) is 33.0. The number of benzene rings is 2. The van der Waals surface area contributed by atoms with E-state index in [4.69, 9.17) is 0 Å². The minimum Gasteiger partial charge on any atom is -0.462 e. The molecule has 0 aliphatic carbocycles. The molecule has 0 unspecified atom stereocenters. The van der Waals surface area contributed by atoms with Crippen molar-refractivity contribution in [2.45, 2.75) is 56.9 Å². The van der Waals surface area contributed by atoms with Gasteiger partial charge in [-0.2, -0.15) is 30.9 Å². The Morgan fingerprint density at radius 2 is 1.70 bits per heavy atom. The number of carbonyl (C=O) groups excluding carboxylic acids is 2. The molecule has 0 bridgehead atoms. The van der Waals surface area contributed by atoms with Crippen LogP contribution in [0.2, 0.25) is 0 Å². The summed E-state index contributed by atoms with van der Waals surface area (Å²) in [5, 5.41) is 13.7. The molecule has 2 aromatic carbocycles. The van der Waals surface area contributed by atoms with Crippen LogP contribution in [0.15, 0.2) is 42.5 Å². The average molecular weight is 633 g/mol. The first-order valence-corrected chi connectivity index (χ1v) is 13.9. The van der Waals surface area contributed by atoms with E-state index >= 15 is 0 Å². The largest absolute Gasteiger partial charge is 0.462 e. The van der Waals surface area contributed by atoms with Gasteiger partial charge in [0.1, 0.15) is 5.82 Å². The zero-order valence-electron chi connectivity index (χ0n) is 24.1. The summed E-state index contributed by atoms with van der Waals surface area (Å²) in [6, 6.07) is 5.35. The number of hydrogen-bond donors (Lipinski definition) is 2. The Morgan fingerprint density at radius 1 is 1.07 bits per heavy atom. The number of amides is 3. The van der Waals surface area contributed by atoms with E-state index in [0.29, 0.717) is 31.5 Å². The topological polar surface area (TPSA) is 79.1 Å². The van der Waals surface area contributed by atoms with Gasteiger partial charge in [0.25, 0.3) is 0 Å². The van der Waals surface area contributed by atoms with Crippen molar-refractivity contribution in [3.8, 4) is 0 Å². The summed E-state index contributed by atoms with van der Waals surface area (Å²) in [5.74, 6) is -1.01. The smallest absolute Gasteiger partial charge is 0.416 e. The van der Waals surface area contributed by atoms with Crippen molar-refractivity contribution >= 4 is 17.8 Å². The number of nitrogens with one attached hydrogen (secondary N) is 1. The number of aliphatic hydroxyl groups excluding tert-OH is 1. The number of hydrogen-bond acceptors (Lipinski definition) is 3. The molecule has 15 heteroatoms. The number of aliphatic hydroxyl groups is 1. The van der Waals surface area contributed by atoms with E-state index in [0.717, 1.165) is 0 Å². The Labute approximate surface area is 249 Å². The molecule has 2 N–H and O–H groups in total. The summed E-state index contributed by atoms with van der Waals surface area (Å²) in [6.45, 7) is -0.274. The maximum atomic E-state index is 14.5. The van der Waals surface area contributed by atoms with Crippen LogP contribution in [0.25, 0.3) is 0 Å². The fraction of sp³-hybridized carbons (Fsp3) is 0.483. The van der Waals surface area contributed by atoms with Gasteiger partial charge in [0.2, 0.25) is 5.91 Å². The fourth-order valence-electron chi connectivity index (χ4n) is 5.49. The van der Waals surface area contributed by atoms with Crippen LogP contribution >= 0.6 is 0 Å². The monoisotopic (exact) mass is 632 g/mol. The van der Waals surface area contributed by atoms with Crippen molar-refractivity contribution in [2.24, 2.45) is 0 Å². The summed E-state index contributed by atoms with van der Waals surface area (Å²) in [6.07, 6.45) is -10.3. The van der Waals surface area contributed by atoms with E-state index < -0.39 is 59.6 Å². The number of rotatable bonds is 8. The van der Waals surface area contributed by atoms with Gasteiger partial charge in [-0.1, -0.05) is 12.1 Å². The van der Waals surface area contributed by atoms with E-state index in [1.807, 2.05) is 19.0 Å². The average Bonchev–Trinajstić information content (AvgIpc) is 2.93. The molecule has 44 heavy (non-hydrogen) atoms. The molecule has 2 aliphatic rings. The van der Waals surface area contributed by atoms with Crippen molar-refractivity contribution in [2.75, 3.05) is 33.7 Å². The van der Waals surface area contributed by atoms with E-state index in [1.165, 1.54) is 32.6 Å². The normalized spacial score (nSPS) is 19.5. The predicted molar refractivity (Wildman–Crippen MR) is 145 cm³/mol. The molecule has 2 aliphatic heterocycles. The summed E-state index contributed by atoms with van der Waals surface area (Å²) in [5.41, 5.74) is -3.16. The van der Waals surface area contributed by atoms with Crippen LogP contribution in [-0.4, -0.2) is 88.2 Å². The molecule has 2 heterocycles. The highest BCUT2D eigenvalue weighted by Crippen LogP contribution is 2.36. The Balaban J connectivity index is 1.61. The highest BCUT2D eigenvalue weighted by atomic mass is 19.4. The van der Waals surface area contributed by atoms with Gasteiger partial charge in [-0.05, 0) is 69.4 Å². The van der Waals surface area contributed by atoms with Gasteiger partial charge in [-0.25, -0.2) is 9.18 Å². The lowest BCUT2D eigenvalue weighted by atomic mass is 10.0. The second kappa shape index (κ2) is 13.0. The van der Waals surface area contributed by atoms with Crippen LogP contribution in [0.4, 0.5) is 35.5 Å². The Kier molecular flexibility index (Phi) is 9.76. The molecule has 0 spiro atoms.